The number of allylic oxidation sites excluding steroid dienone is 1. The van der Waals surface area contributed by atoms with E-state index in [1.807, 2.05) is 0 Å². The lowest BCUT2D eigenvalue weighted by atomic mass is 9.96. The highest BCUT2D eigenvalue weighted by molar-refractivity contribution is 4.93. The van der Waals surface area contributed by atoms with Gasteiger partial charge in [0.15, 0.2) is 0 Å². The molecule has 0 saturated heterocycles. The maximum absolute atomic E-state index is 2.39. The average Bonchev–Trinajstić information content (AvgIpc) is 2.06. The third-order valence-electron chi connectivity index (χ3n) is 2.44. The molecule has 0 fully saturated rings. The van der Waals surface area contributed by atoms with Crippen LogP contribution in [0, 0.1) is 5.92 Å². The van der Waals surface area contributed by atoms with Crippen molar-refractivity contribution in [2.45, 2.75) is 26.2 Å². The lowest BCUT2D eigenvalue weighted by Gasteiger charge is -2.22. The minimum Gasteiger partial charge on any atom is -0.306 e. The van der Waals surface area contributed by atoms with Crippen LogP contribution in [-0.2, 0) is 0 Å². The molecule has 11 heavy (non-hydrogen) atoms. The summed E-state index contributed by atoms with van der Waals surface area (Å²) in [6, 6.07) is 0. The van der Waals surface area contributed by atoms with E-state index >= 15 is 0 Å². The van der Waals surface area contributed by atoms with Crippen LogP contribution in [0.3, 0.4) is 0 Å². The smallest absolute Gasteiger partial charge is 0.00412 e. The zero-order valence-corrected chi connectivity index (χ0v) is 7.71. The predicted molar refractivity (Wildman–Crippen MR) is 49.7 cm³/mol. The van der Waals surface area contributed by atoms with Gasteiger partial charge in [0.2, 0.25) is 0 Å². The van der Waals surface area contributed by atoms with E-state index < -0.39 is 0 Å². The monoisotopic (exact) mass is 153 g/mol. The molecule has 1 aliphatic carbocycles. The zero-order chi connectivity index (χ0) is 8.10. The lowest BCUT2D eigenvalue weighted by Crippen LogP contribution is -2.25. The van der Waals surface area contributed by atoms with Crippen LogP contribution in [0.25, 0.3) is 0 Å². The van der Waals surface area contributed by atoms with Crippen molar-refractivity contribution in [2.24, 2.45) is 5.92 Å². The van der Waals surface area contributed by atoms with Gasteiger partial charge in [0, 0.05) is 6.54 Å². The summed E-state index contributed by atoms with van der Waals surface area (Å²) in [5.74, 6) is 0.827. The van der Waals surface area contributed by atoms with E-state index in [0.29, 0.717) is 0 Å². The SMILES string of the molecule is CCN(C)CC1C=CCCC1. The maximum atomic E-state index is 2.39. The first-order chi connectivity index (χ1) is 5.33. The average molecular weight is 153 g/mol. The molecular weight excluding hydrogens is 134 g/mol. The van der Waals surface area contributed by atoms with Gasteiger partial charge in [-0.25, -0.2) is 0 Å². The molecule has 0 aliphatic heterocycles. The molecule has 1 heteroatoms. The van der Waals surface area contributed by atoms with Crippen LogP contribution >= 0.6 is 0 Å². The van der Waals surface area contributed by atoms with E-state index in [0.717, 1.165) is 5.92 Å². The molecule has 0 aromatic rings. The first-order valence-corrected chi connectivity index (χ1v) is 4.68. The standard InChI is InChI=1S/C10H19N/c1-3-11(2)9-10-7-5-4-6-8-10/h5,7,10H,3-4,6,8-9H2,1-2H3. The van der Waals surface area contributed by atoms with Crippen LogP contribution in [0.2, 0.25) is 0 Å². The summed E-state index contributed by atoms with van der Waals surface area (Å²) in [6.07, 6.45) is 8.79. The predicted octanol–water partition coefficient (Wildman–Crippen LogP) is 2.29. The van der Waals surface area contributed by atoms with E-state index in [2.05, 4.69) is 31.0 Å². The molecule has 0 N–H and O–H groups in total. The van der Waals surface area contributed by atoms with Gasteiger partial charge in [0.1, 0.15) is 0 Å². The van der Waals surface area contributed by atoms with Gasteiger partial charge in [-0.2, -0.15) is 0 Å². The Morgan fingerprint density at radius 1 is 1.55 bits per heavy atom. The molecule has 0 bridgehead atoms. The number of nitrogens with zero attached hydrogens (tertiary/aromatic N) is 1. The maximum Gasteiger partial charge on any atom is 0.00412 e. The van der Waals surface area contributed by atoms with Gasteiger partial charge in [-0.3, -0.25) is 0 Å². The highest BCUT2D eigenvalue weighted by Gasteiger charge is 2.09. The first-order valence-electron chi connectivity index (χ1n) is 4.68. The molecule has 0 heterocycles. The van der Waals surface area contributed by atoms with E-state index in [4.69, 9.17) is 0 Å². The second-order valence-electron chi connectivity index (χ2n) is 3.47. The normalized spacial score (nSPS) is 24.5. The molecule has 0 aromatic carbocycles. The van der Waals surface area contributed by atoms with Crippen LogP contribution in [0.15, 0.2) is 12.2 Å². The Morgan fingerprint density at radius 2 is 2.36 bits per heavy atom. The molecule has 0 aromatic heterocycles. The highest BCUT2D eigenvalue weighted by atomic mass is 15.1. The van der Waals surface area contributed by atoms with Crippen LogP contribution in [0.4, 0.5) is 0 Å². The Bertz CT molecular complexity index is 129. The number of hydrogen-bond acceptors (Lipinski definition) is 1. The van der Waals surface area contributed by atoms with Crippen molar-refractivity contribution in [1.29, 1.82) is 0 Å². The third-order valence-corrected chi connectivity index (χ3v) is 2.44. The largest absolute Gasteiger partial charge is 0.306 e. The summed E-state index contributed by atoms with van der Waals surface area (Å²) in [5, 5.41) is 0. The molecule has 0 radical (unpaired) electrons. The summed E-state index contributed by atoms with van der Waals surface area (Å²) < 4.78 is 0. The van der Waals surface area contributed by atoms with Crippen molar-refractivity contribution < 1.29 is 0 Å². The zero-order valence-electron chi connectivity index (χ0n) is 7.71. The second-order valence-corrected chi connectivity index (χ2v) is 3.47. The van der Waals surface area contributed by atoms with Gasteiger partial charge in [-0.15, -0.1) is 0 Å². The molecule has 1 unspecified atom stereocenters. The van der Waals surface area contributed by atoms with E-state index in [-0.39, 0.29) is 0 Å². The first kappa shape index (κ1) is 8.79. The summed E-state index contributed by atoms with van der Waals surface area (Å²) >= 11 is 0. The van der Waals surface area contributed by atoms with Crippen molar-refractivity contribution >= 4 is 0 Å². The Hall–Kier alpha value is -0.300. The van der Waals surface area contributed by atoms with Crippen molar-refractivity contribution in [3.8, 4) is 0 Å². The molecule has 1 aliphatic rings. The summed E-state index contributed by atoms with van der Waals surface area (Å²) in [4.78, 5) is 2.39. The molecule has 64 valence electrons. The van der Waals surface area contributed by atoms with Gasteiger partial charge in [0.05, 0.1) is 0 Å². The van der Waals surface area contributed by atoms with Gasteiger partial charge in [0.25, 0.3) is 0 Å². The highest BCUT2D eigenvalue weighted by Crippen LogP contribution is 2.17. The van der Waals surface area contributed by atoms with Crippen LogP contribution in [0.5, 0.6) is 0 Å². The van der Waals surface area contributed by atoms with Gasteiger partial charge < -0.3 is 4.90 Å². The topological polar surface area (TPSA) is 3.24 Å². The summed E-state index contributed by atoms with van der Waals surface area (Å²) in [6.45, 7) is 4.63. The summed E-state index contributed by atoms with van der Waals surface area (Å²) in [5.41, 5.74) is 0. The second kappa shape index (κ2) is 4.55. The van der Waals surface area contributed by atoms with Crippen molar-refractivity contribution in [3.63, 3.8) is 0 Å². The van der Waals surface area contributed by atoms with Crippen molar-refractivity contribution in [1.82, 2.24) is 4.90 Å². The fourth-order valence-electron chi connectivity index (χ4n) is 1.56. The van der Waals surface area contributed by atoms with Gasteiger partial charge in [-0.05, 0) is 38.8 Å². The minimum atomic E-state index is 0.827. The van der Waals surface area contributed by atoms with Crippen LogP contribution in [-0.4, -0.2) is 25.0 Å². The third kappa shape index (κ3) is 3.06. The molecule has 1 nitrogen and oxygen atoms in total. The van der Waals surface area contributed by atoms with Gasteiger partial charge >= 0.3 is 0 Å². The molecule has 0 amide bonds. The molecule has 0 spiro atoms. The Labute approximate surface area is 70.1 Å². The Kier molecular flexibility index (Phi) is 3.64. The Balaban J connectivity index is 2.24. The molecule has 0 saturated carbocycles. The number of rotatable bonds is 3. The molecular formula is C10H19N. The summed E-state index contributed by atoms with van der Waals surface area (Å²) in [7, 11) is 2.20. The van der Waals surface area contributed by atoms with Crippen molar-refractivity contribution in [3.05, 3.63) is 12.2 Å². The van der Waals surface area contributed by atoms with E-state index in [1.165, 1.54) is 32.4 Å². The quantitative estimate of drug-likeness (QED) is 0.562. The van der Waals surface area contributed by atoms with Crippen LogP contribution in [0.1, 0.15) is 26.2 Å². The fraction of sp³-hybridized carbons (Fsp3) is 0.800. The van der Waals surface area contributed by atoms with Crippen molar-refractivity contribution in [2.75, 3.05) is 20.1 Å². The van der Waals surface area contributed by atoms with E-state index in [1.54, 1.807) is 0 Å². The number of hydrogen-bond donors (Lipinski definition) is 0. The fourth-order valence-corrected chi connectivity index (χ4v) is 1.56. The minimum absolute atomic E-state index is 0.827. The molecule has 1 atom stereocenters. The molecule has 1 rings (SSSR count). The Morgan fingerprint density at radius 3 is 2.91 bits per heavy atom. The van der Waals surface area contributed by atoms with Gasteiger partial charge in [-0.1, -0.05) is 19.1 Å². The lowest BCUT2D eigenvalue weighted by molar-refractivity contribution is 0.301. The van der Waals surface area contributed by atoms with E-state index in [9.17, 15) is 0 Å². The van der Waals surface area contributed by atoms with Crippen LogP contribution < -0.4 is 0 Å².